The van der Waals surface area contributed by atoms with Crippen molar-refractivity contribution >= 4 is 0 Å². The largest absolute Gasteiger partial charge is 0.338 e. The standard InChI is InChI=1S/C10H18N4O/c1-8-12-10(15-13-8)7-14-5-3-9(11-2)4-6-14/h9,11H,3-7H2,1-2H3. The van der Waals surface area contributed by atoms with Gasteiger partial charge >= 0.3 is 0 Å². The van der Waals surface area contributed by atoms with Crippen LogP contribution in [-0.2, 0) is 6.54 Å². The van der Waals surface area contributed by atoms with Gasteiger partial charge in [-0.05, 0) is 26.8 Å². The molecule has 2 heterocycles. The van der Waals surface area contributed by atoms with Gasteiger partial charge in [-0.1, -0.05) is 5.16 Å². The minimum atomic E-state index is 0.672. The monoisotopic (exact) mass is 210 g/mol. The fourth-order valence-electron chi connectivity index (χ4n) is 1.98. The van der Waals surface area contributed by atoms with Gasteiger partial charge in [0.2, 0.25) is 5.89 Å². The van der Waals surface area contributed by atoms with E-state index in [4.69, 9.17) is 4.52 Å². The van der Waals surface area contributed by atoms with Crippen LogP contribution in [-0.4, -0.2) is 41.2 Å². The van der Waals surface area contributed by atoms with Crippen molar-refractivity contribution in [3.8, 4) is 0 Å². The number of piperidine rings is 1. The van der Waals surface area contributed by atoms with Gasteiger partial charge in [-0.2, -0.15) is 4.98 Å². The molecule has 15 heavy (non-hydrogen) atoms. The third kappa shape index (κ3) is 2.76. The summed E-state index contributed by atoms with van der Waals surface area (Å²) in [4.78, 5) is 6.57. The number of nitrogens with zero attached hydrogens (tertiary/aromatic N) is 3. The number of nitrogens with one attached hydrogen (secondary N) is 1. The third-order valence-corrected chi connectivity index (χ3v) is 2.92. The zero-order chi connectivity index (χ0) is 10.7. The van der Waals surface area contributed by atoms with Crippen molar-refractivity contribution in [2.75, 3.05) is 20.1 Å². The van der Waals surface area contributed by atoms with E-state index in [1.54, 1.807) is 0 Å². The van der Waals surface area contributed by atoms with E-state index in [-0.39, 0.29) is 0 Å². The Labute approximate surface area is 89.8 Å². The molecule has 1 N–H and O–H groups in total. The van der Waals surface area contributed by atoms with Crippen LogP contribution in [0.25, 0.3) is 0 Å². The van der Waals surface area contributed by atoms with Crippen LogP contribution in [0.1, 0.15) is 24.6 Å². The van der Waals surface area contributed by atoms with Gasteiger partial charge in [0, 0.05) is 19.1 Å². The average molecular weight is 210 g/mol. The van der Waals surface area contributed by atoms with Gasteiger partial charge in [0.25, 0.3) is 0 Å². The first-order chi connectivity index (χ1) is 7.28. The Kier molecular flexibility index (Phi) is 3.33. The quantitative estimate of drug-likeness (QED) is 0.790. The van der Waals surface area contributed by atoms with Gasteiger partial charge in [0.15, 0.2) is 5.82 Å². The number of likely N-dealkylation sites (tertiary alicyclic amines) is 1. The molecule has 0 aromatic carbocycles. The summed E-state index contributed by atoms with van der Waals surface area (Å²) in [5.74, 6) is 1.45. The molecule has 5 nitrogen and oxygen atoms in total. The van der Waals surface area contributed by atoms with Crippen LogP contribution in [0.4, 0.5) is 0 Å². The van der Waals surface area contributed by atoms with E-state index < -0.39 is 0 Å². The fourth-order valence-corrected chi connectivity index (χ4v) is 1.98. The molecule has 0 unspecified atom stereocenters. The van der Waals surface area contributed by atoms with Crippen molar-refractivity contribution in [3.05, 3.63) is 11.7 Å². The summed E-state index contributed by atoms with van der Waals surface area (Å²) >= 11 is 0. The maximum absolute atomic E-state index is 5.10. The molecule has 1 aromatic rings. The highest BCUT2D eigenvalue weighted by molar-refractivity contribution is 4.85. The molecule has 84 valence electrons. The molecular formula is C10H18N4O. The summed E-state index contributed by atoms with van der Waals surface area (Å²) < 4.78 is 5.10. The van der Waals surface area contributed by atoms with Gasteiger partial charge in [-0.15, -0.1) is 0 Å². The van der Waals surface area contributed by atoms with Gasteiger partial charge < -0.3 is 9.84 Å². The molecule has 0 spiro atoms. The Bertz CT molecular complexity index is 304. The first kappa shape index (κ1) is 10.6. The second kappa shape index (κ2) is 4.72. The molecule has 0 radical (unpaired) electrons. The maximum Gasteiger partial charge on any atom is 0.240 e. The van der Waals surface area contributed by atoms with Crippen LogP contribution in [0.5, 0.6) is 0 Å². The van der Waals surface area contributed by atoms with Crippen molar-refractivity contribution < 1.29 is 4.52 Å². The molecule has 1 aliphatic heterocycles. The molecule has 1 aliphatic rings. The lowest BCUT2D eigenvalue weighted by atomic mass is 10.1. The normalized spacial score (nSPS) is 19.6. The highest BCUT2D eigenvalue weighted by atomic mass is 16.5. The average Bonchev–Trinajstić information content (AvgIpc) is 2.65. The smallest absolute Gasteiger partial charge is 0.240 e. The minimum absolute atomic E-state index is 0.672. The van der Waals surface area contributed by atoms with E-state index in [0.717, 1.165) is 31.3 Å². The molecule has 0 saturated carbocycles. The summed E-state index contributed by atoms with van der Waals surface area (Å²) in [6, 6.07) is 0.672. The third-order valence-electron chi connectivity index (χ3n) is 2.92. The number of hydrogen-bond acceptors (Lipinski definition) is 5. The lowest BCUT2D eigenvalue weighted by Gasteiger charge is -2.30. The molecule has 1 fully saturated rings. The summed E-state index contributed by atoms with van der Waals surface area (Å²) in [7, 11) is 2.03. The van der Waals surface area contributed by atoms with Crippen molar-refractivity contribution in [3.63, 3.8) is 0 Å². The number of aryl methyl sites for hydroxylation is 1. The highest BCUT2D eigenvalue weighted by Gasteiger charge is 2.19. The molecule has 0 amide bonds. The van der Waals surface area contributed by atoms with Crippen molar-refractivity contribution in [1.29, 1.82) is 0 Å². The molecule has 0 atom stereocenters. The Balaban J connectivity index is 1.82. The lowest BCUT2D eigenvalue weighted by Crippen LogP contribution is -2.40. The van der Waals surface area contributed by atoms with Gasteiger partial charge in [0.05, 0.1) is 6.54 Å². The summed E-state index contributed by atoms with van der Waals surface area (Å²) in [5, 5.41) is 7.10. The maximum atomic E-state index is 5.10. The van der Waals surface area contributed by atoms with Crippen LogP contribution in [0.3, 0.4) is 0 Å². The number of aromatic nitrogens is 2. The van der Waals surface area contributed by atoms with Gasteiger partial charge in [-0.3, -0.25) is 4.90 Å². The predicted octanol–water partition coefficient (Wildman–Crippen LogP) is 0.562. The van der Waals surface area contributed by atoms with Crippen LogP contribution >= 0.6 is 0 Å². The SMILES string of the molecule is CNC1CCN(Cc2nc(C)no2)CC1. The Morgan fingerprint density at radius 3 is 2.73 bits per heavy atom. The minimum Gasteiger partial charge on any atom is -0.338 e. The zero-order valence-corrected chi connectivity index (χ0v) is 9.36. The van der Waals surface area contributed by atoms with E-state index in [1.807, 2.05) is 14.0 Å². The first-order valence-electron chi connectivity index (χ1n) is 5.46. The zero-order valence-electron chi connectivity index (χ0n) is 9.36. The predicted molar refractivity (Wildman–Crippen MR) is 56.4 cm³/mol. The number of rotatable bonds is 3. The van der Waals surface area contributed by atoms with E-state index in [9.17, 15) is 0 Å². The fraction of sp³-hybridized carbons (Fsp3) is 0.800. The van der Waals surface area contributed by atoms with E-state index in [1.165, 1.54) is 12.8 Å². The van der Waals surface area contributed by atoms with Crippen LogP contribution < -0.4 is 5.32 Å². The van der Waals surface area contributed by atoms with Crippen molar-refractivity contribution in [1.82, 2.24) is 20.4 Å². The molecule has 0 aliphatic carbocycles. The van der Waals surface area contributed by atoms with Crippen molar-refractivity contribution in [2.24, 2.45) is 0 Å². The first-order valence-corrected chi connectivity index (χ1v) is 5.46. The summed E-state index contributed by atoms with van der Waals surface area (Å²) in [5.41, 5.74) is 0. The Morgan fingerprint density at radius 1 is 1.47 bits per heavy atom. The highest BCUT2D eigenvalue weighted by Crippen LogP contribution is 2.12. The Hall–Kier alpha value is -0.940. The topological polar surface area (TPSA) is 54.2 Å². The molecule has 2 rings (SSSR count). The van der Waals surface area contributed by atoms with Crippen LogP contribution in [0.15, 0.2) is 4.52 Å². The second-order valence-electron chi connectivity index (χ2n) is 4.07. The molecule has 0 bridgehead atoms. The van der Waals surface area contributed by atoms with E-state index in [0.29, 0.717) is 6.04 Å². The van der Waals surface area contributed by atoms with Gasteiger partial charge in [-0.25, -0.2) is 0 Å². The molecule has 1 aromatic heterocycles. The van der Waals surface area contributed by atoms with E-state index >= 15 is 0 Å². The number of hydrogen-bond donors (Lipinski definition) is 1. The second-order valence-corrected chi connectivity index (χ2v) is 4.07. The van der Waals surface area contributed by atoms with Crippen LogP contribution in [0.2, 0.25) is 0 Å². The Morgan fingerprint density at radius 2 is 2.20 bits per heavy atom. The lowest BCUT2D eigenvalue weighted by molar-refractivity contribution is 0.173. The summed E-state index contributed by atoms with van der Waals surface area (Å²) in [6.07, 6.45) is 2.40. The van der Waals surface area contributed by atoms with Crippen LogP contribution in [0, 0.1) is 6.92 Å². The molecular weight excluding hydrogens is 192 g/mol. The van der Waals surface area contributed by atoms with E-state index in [2.05, 4.69) is 20.4 Å². The summed E-state index contributed by atoms with van der Waals surface area (Å²) in [6.45, 7) is 4.84. The van der Waals surface area contributed by atoms with Gasteiger partial charge in [0.1, 0.15) is 0 Å². The molecule has 1 saturated heterocycles. The van der Waals surface area contributed by atoms with Crippen molar-refractivity contribution in [2.45, 2.75) is 32.4 Å². The molecule has 5 heteroatoms.